The highest BCUT2D eigenvalue weighted by atomic mass is 32.2. The lowest BCUT2D eigenvalue weighted by Crippen LogP contribution is -2.10. The third kappa shape index (κ3) is 2.49. The standard InChI is InChI=1S/C14H18O2S/c1-4-16-13(15)11-12(14(11,2)3)17-10-8-6-5-7-9-10/h5-9,11-12H,4H2,1-3H3. The number of thioether (sulfide) groups is 1. The highest BCUT2D eigenvalue weighted by molar-refractivity contribution is 8.00. The van der Waals surface area contributed by atoms with Crippen LogP contribution in [0.4, 0.5) is 0 Å². The fraction of sp³-hybridized carbons (Fsp3) is 0.500. The quantitative estimate of drug-likeness (QED) is 0.766. The van der Waals surface area contributed by atoms with Crippen molar-refractivity contribution in [1.82, 2.24) is 0 Å². The fourth-order valence-corrected chi connectivity index (χ4v) is 3.69. The average molecular weight is 250 g/mol. The molecule has 0 amide bonds. The van der Waals surface area contributed by atoms with Crippen LogP contribution in [0.2, 0.25) is 0 Å². The summed E-state index contributed by atoms with van der Waals surface area (Å²) >= 11 is 1.78. The van der Waals surface area contributed by atoms with Gasteiger partial charge in [0.15, 0.2) is 0 Å². The van der Waals surface area contributed by atoms with E-state index in [1.54, 1.807) is 11.8 Å². The Morgan fingerprint density at radius 3 is 2.59 bits per heavy atom. The summed E-state index contributed by atoms with van der Waals surface area (Å²) in [5.74, 6) is -0.0152. The number of carbonyl (C=O) groups excluding carboxylic acids is 1. The lowest BCUT2D eigenvalue weighted by Gasteiger charge is -2.01. The minimum absolute atomic E-state index is 0.0349. The molecule has 1 aliphatic carbocycles. The second-order valence-corrected chi connectivity index (χ2v) is 6.12. The van der Waals surface area contributed by atoms with E-state index in [-0.39, 0.29) is 17.3 Å². The number of carbonyl (C=O) groups is 1. The van der Waals surface area contributed by atoms with E-state index in [1.807, 2.05) is 25.1 Å². The van der Waals surface area contributed by atoms with Gasteiger partial charge in [0.05, 0.1) is 12.5 Å². The average Bonchev–Trinajstić information content (AvgIpc) is 2.82. The zero-order valence-corrected chi connectivity index (χ0v) is 11.3. The first-order valence-electron chi connectivity index (χ1n) is 5.95. The molecular weight excluding hydrogens is 232 g/mol. The van der Waals surface area contributed by atoms with Gasteiger partial charge < -0.3 is 4.74 Å². The molecule has 1 saturated carbocycles. The minimum atomic E-state index is -0.0501. The molecule has 0 bridgehead atoms. The molecule has 17 heavy (non-hydrogen) atoms. The molecule has 1 aromatic rings. The summed E-state index contributed by atoms with van der Waals surface area (Å²) in [5.41, 5.74) is 0.0484. The molecule has 2 rings (SSSR count). The van der Waals surface area contributed by atoms with Gasteiger partial charge in [0.2, 0.25) is 0 Å². The van der Waals surface area contributed by atoms with Crippen molar-refractivity contribution in [3.05, 3.63) is 30.3 Å². The number of esters is 1. The van der Waals surface area contributed by atoms with Crippen molar-refractivity contribution in [2.45, 2.75) is 30.9 Å². The molecule has 0 N–H and O–H groups in total. The number of rotatable bonds is 4. The highest BCUT2D eigenvalue weighted by Crippen LogP contribution is 2.61. The summed E-state index contributed by atoms with van der Waals surface area (Å²) in [4.78, 5) is 13.0. The van der Waals surface area contributed by atoms with Gasteiger partial charge in [0, 0.05) is 10.1 Å². The Bertz CT molecular complexity index is 400. The van der Waals surface area contributed by atoms with E-state index in [0.29, 0.717) is 11.9 Å². The van der Waals surface area contributed by atoms with Gasteiger partial charge in [-0.3, -0.25) is 4.79 Å². The van der Waals surface area contributed by atoms with Crippen molar-refractivity contribution in [2.24, 2.45) is 11.3 Å². The van der Waals surface area contributed by atoms with Crippen molar-refractivity contribution in [1.29, 1.82) is 0 Å². The molecule has 0 aliphatic heterocycles. The SMILES string of the molecule is CCOC(=O)C1C(Sc2ccccc2)C1(C)C. The van der Waals surface area contributed by atoms with E-state index >= 15 is 0 Å². The van der Waals surface area contributed by atoms with Crippen molar-refractivity contribution < 1.29 is 9.53 Å². The molecule has 3 heteroatoms. The fourth-order valence-electron chi connectivity index (χ4n) is 2.12. The van der Waals surface area contributed by atoms with Crippen LogP contribution in [0.5, 0.6) is 0 Å². The van der Waals surface area contributed by atoms with Crippen LogP contribution in [0.3, 0.4) is 0 Å². The molecule has 0 radical (unpaired) electrons. The number of hydrogen-bond donors (Lipinski definition) is 0. The Morgan fingerprint density at radius 1 is 1.35 bits per heavy atom. The van der Waals surface area contributed by atoms with Crippen LogP contribution >= 0.6 is 11.8 Å². The van der Waals surface area contributed by atoms with Gasteiger partial charge in [-0.05, 0) is 24.5 Å². The van der Waals surface area contributed by atoms with Crippen LogP contribution in [-0.4, -0.2) is 17.8 Å². The van der Waals surface area contributed by atoms with Gasteiger partial charge in [-0.15, -0.1) is 11.8 Å². The number of ether oxygens (including phenoxy) is 1. The molecule has 2 nitrogen and oxygen atoms in total. The molecule has 1 aliphatic rings. The van der Waals surface area contributed by atoms with Crippen LogP contribution in [0.15, 0.2) is 35.2 Å². The van der Waals surface area contributed by atoms with E-state index < -0.39 is 0 Å². The Balaban J connectivity index is 2.01. The molecule has 2 unspecified atom stereocenters. The normalized spacial score (nSPS) is 25.4. The van der Waals surface area contributed by atoms with Crippen LogP contribution in [0.1, 0.15) is 20.8 Å². The zero-order valence-electron chi connectivity index (χ0n) is 10.5. The smallest absolute Gasteiger partial charge is 0.310 e. The number of hydrogen-bond acceptors (Lipinski definition) is 3. The summed E-state index contributed by atoms with van der Waals surface area (Å²) < 4.78 is 5.12. The maximum atomic E-state index is 11.8. The third-order valence-corrected chi connectivity index (χ3v) is 4.95. The van der Waals surface area contributed by atoms with Gasteiger partial charge in [-0.2, -0.15) is 0 Å². The lowest BCUT2D eigenvalue weighted by molar-refractivity contribution is -0.145. The number of benzene rings is 1. The Labute approximate surface area is 107 Å². The highest BCUT2D eigenvalue weighted by Gasteiger charge is 2.63. The van der Waals surface area contributed by atoms with Gasteiger partial charge in [0.1, 0.15) is 0 Å². The van der Waals surface area contributed by atoms with E-state index in [0.717, 1.165) is 0 Å². The third-order valence-electron chi connectivity index (χ3n) is 3.28. The lowest BCUT2D eigenvalue weighted by atomic mass is 10.1. The van der Waals surface area contributed by atoms with Crippen LogP contribution in [-0.2, 0) is 9.53 Å². The van der Waals surface area contributed by atoms with E-state index in [9.17, 15) is 4.79 Å². The summed E-state index contributed by atoms with van der Waals surface area (Å²) in [5, 5.41) is 0.337. The van der Waals surface area contributed by atoms with Gasteiger partial charge in [0.25, 0.3) is 0 Å². The maximum Gasteiger partial charge on any atom is 0.310 e. The van der Waals surface area contributed by atoms with E-state index in [2.05, 4.69) is 26.0 Å². The van der Waals surface area contributed by atoms with Gasteiger partial charge in [-0.1, -0.05) is 32.0 Å². The predicted octanol–water partition coefficient (Wildman–Crippen LogP) is 3.37. The molecule has 92 valence electrons. The largest absolute Gasteiger partial charge is 0.466 e. The van der Waals surface area contributed by atoms with Crippen LogP contribution in [0, 0.1) is 11.3 Å². The van der Waals surface area contributed by atoms with Crippen molar-refractivity contribution in [3.63, 3.8) is 0 Å². The zero-order chi connectivity index (χ0) is 12.5. The van der Waals surface area contributed by atoms with Crippen molar-refractivity contribution in [2.75, 3.05) is 6.61 Å². The Morgan fingerprint density at radius 2 is 2.00 bits per heavy atom. The topological polar surface area (TPSA) is 26.3 Å². The second kappa shape index (κ2) is 4.73. The monoisotopic (exact) mass is 250 g/mol. The predicted molar refractivity (Wildman–Crippen MR) is 70.0 cm³/mol. The molecule has 2 atom stereocenters. The summed E-state index contributed by atoms with van der Waals surface area (Å²) in [6.07, 6.45) is 0. The van der Waals surface area contributed by atoms with E-state index in [4.69, 9.17) is 4.74 Å². The first-order chi connectivity index (χ1) is 8.07. The summed E-state index contributed by atoms with van der Waals surface area (Å²) in [6.45, 7) is 6.59. The van der Waals surface area contributed by atoms with Crippen molar-refractivity contribution in [3.8, 4) is 0 Å². The van der Waals surface area contributed by atoms with Gasteiger partial charge in [-0.25, -0.2) is 0 Å². The molecule has 1 fully saturated rings. The van der Waals surface area contributed by atoms with E-state index in [1.165, 1.54) is 4.90 Å². The summed E-state index contributed by atoms with van der Waals surface area (Å²) in [7, 11) is 0. The van der Waals surface area contributed by atoms with Crippen LogP contribution in [0.25, 0.3) is 0 Å². The maximum absolute atomic E-state index is 11.8. The Hall–Kier alpha value is -0.960. The molecular formula is C14H18O2S. The second-order valence-electron chi connectivity index (χ2n) is 4.90. The summed E-state index contributed by atoms with van der Waals surface area (Å²) in [6, 6.07) is 10.2. The first kappa shape index (κ1) is 12.5. The van der Waals surface area contributed by atoms with Gasteiger partial charge >= 0.3 is 5.97 Å². The molecule has 0 spiro atoms. The molecule has 1 aromatic carbocycles. The first-order valence-corrected chi connectivity index (χ1v) is 6.83. The molecule has 0 saturated heterocycles. The molecule has 0 heterocycles. The molecule has 0 aromatic heterocycles. The Kier molecular flexibility index (Phi) is 3.48. The van der Waals surface area contributed by atoms with Crippen molar-refractivity contribution >= 4 is 17.7 Å². The van der Waals surface area contributed by atoms with Crippen LogP contribution < -0.4 is 0 Å². The minimum Gasteiger partial charge on any atom is -0.466 e.